The first-order valence-electron chi connectivity index (χ1n) is 8.53. The Kier molecular flexibility index (Phi) is 7.02. The maximum Gasteiger partial charge on any atom is 0.248 e. The number of nitrogens with zero attached hydrogens (tertiary/aromatic N) is 2. The van der Waals surface area contributed by atoms with Crippen molar-refractivity contribution in [3.05, 3.63) is 48.2 Å². The average molecular weight is 355 g/mol. The zero-order valence-electron chi connectivity index (χ0n) is 15.7. The van der Waals surface area contributed by atoms with Crippen LogP contribution in [0.5, 0.6) is 11.5 Å². The fourth-order valence-corrected chi connectivity index (χ4v) is 2.51. The van der Waals surface area contributed by atoms with Gasteiger partial charge in [-0.15, -0.1) is 0 Å². The molecule has 1 heterocycles. The summed E-state index contributed by atoms with van der Waals surface area (Å²) in [6, 6.07) is 9.21. The van der Waals surface area contributed by atoms with Crippen molar-refractivity contribution in [2.24, 2.45) is 0 Å². The molecule has 0 radical (unpaired) electrons. The highest BCUT2D eigenvalue weighted by Gasteiger charge is 2.05. The Balaban J connectivity index is 2.01. The van der Waals surface area contributed by atoms with Gasteiger partial charge in [-0.05, 0) is 49.8 Å². The van der Waals surface area contributed by atoms with Crippen molar-refractivity contribution in [1.82, 2.24) is 4.98 Å². The number of carbonyl (C=O) groups excluding carboxylic acids is 1. The van der Waals surface area contributed by atoms with E-state index in [0.29, 0.717) is 17.2 Å². The van der Waals surface area contributed by atoms with Gasteiger partial charge in [0.2, 0.25) is 5.91 Å². The molecule has 26 heavy (non-hydrogen) atoms. The lowest BCUT2D eigenvalue weighted by atomic mass is 10.2. The molecule has 6 nitrogen and oxygen atoms in total. The van der Waals surface area contributed by atoms with Crippen molar-refractivity contribution in [2.75, 3.05) is 37.5 Å². The lowest BCUT2D eigenvalue weighted by molar-refractivity contribution is -0.111. The molecule has 1 N–H and O–H groups in total. The number of pyridine rings is 1. The molecule has 0 aliphatic carbocycles. The van der Waals surface area contributed by atoms with Gasteiger partial charge in [-0.25, -0.2) is 4.98 Å². The van der Waals surface area contributed by atoms with Crippen LogP contribution in [0.1, 0.15) is 19.4 Å². The number of nitrogens with one attached hydrogen (secondary N) is 1. The third-order valence-corrected chi connectivity index (χ3v) is 3.94. The average Bonchev–Trinajstić information content (AvgIpc) is 2.68. The van der Waals surface area contributed by atoms with E-state index in [0.717, 1.165) is 24.5 Å². The van der Waals surface area contributed by atoms with Crippen LogP contribution in [0.3, 0.4) is 0 Å². The Bertz CT molecular complexity index is 753. The predicted octanol–water partition coefficient (Wildman–Crippen LogP) is 3.60. The fraction of sp³-hybridized carbons (Fsp3) is 0.300. The molecule has 0 aliphatic rings. The van der Waals surface area contributed by atoms with Crippen LogP contribution >= 0.6 is 0 Å². The molecule has 0 saturated carbocycles. The van der Waals surface area contributed by atoms with Gasteiger partial charge in [-0.1, -0.05) is 6.07 Å². The number of methoxy groups -OCH3 is 2. The molecule has 0 spiro atoms. The van der Waals surface area contributed by atoms with Crippen molar-refractivity contribution >= 4 is 23.5 Å². The molecule has 0 fully saturated rings. The SMILES string of the molecule is CCN(CC)c1ccc(NC(=O)/C=C/c2ccc(OC)c(OC)c2)cn1. The zero-order valence-corrected chi connectivity index (χ0v) is 15.7. The van der Waals surface area contributed by atoms with Gasteiger partial charge in [0.15, 0.2) is 11.5 Å². The van der Waals surface area contributed by atoms with Crippen LogP contribution in [0.15, 0.2) is 42.6 Å². The smallest absolute Gasteiger partial charge is 0.248 e. The van der Waals surface area contributed by atoms with Gasteiger partial charge < -0.3 is 19.7 Å². The van der Waals surface area contributed by atoms with Gasteiger partial charge in [0.1, 0.15) is 5.82 Å². The highest BCUT2D eigenvalue weighted by molar-refractivity contribution is 6.01. The highest BCUT2D eigenvalue weighted by Crippen LogP contribution is 2.28. The lowest BCUT2D eigenvalue weighted by Gasteiger charge is -2.19. The van der Waals surface area contributed by atoms with E-state index in [1.807, 2.05) is 24.3 Å². The van der Waals surface area contributed by atoms with E-state index >= 15 is 0 Å². The fourth-order valence-electron chi connectivity index (χ4n) is 2.51. The van der Waals surface area contributed by atoms with Crippen LogP contribution < -0.4 is 19.7 Å². The third kappa shape index (κ3) is 4.99. The number of benzene rings is 1. The number of hydrogen-bond acceptors (Lipinski definition) is 5. The van der Waals surface area contributed by atoms with Crippen LogP contribution in [0.4, 0.5) is 11.5 Å². The number of rotatable bonds is 8. The Morgan fingerprint density at radius 1 is 1.12 bits per heavy atom. The minimum absolute atomic E-state index is 0.225. The van der Waals surface area contributed by atoms with Gasteiger partial charge in [-0.3, -0.25) is 4.79 Å². The topological polar surface area (TPSA) is 63.7 Å². The molecule has 0 atom stereocenters. The molecule has 138 valence electrons. The maximum absolute atomic E-state index is 12.1. The van der Waals surface area contributed by atoms with E-state index in [1.54, 1.807) is 32.6 Å². The first-order valence-corrected chi connectivity index (χ1v) is 8.53. The quantitative estimate of drug-likeness (QED) is 0.733. The largest absolute Gasteiger partial charge is 0.493 e. The predicted molar refractivity (Wildman–Crippen MR) is 105 cm³/mol. The van der Waals surface area contributed by atoms with Crippen molar-refractivity contribution < 1.29 is 14.3 Å². The summed E-state index contributed by atoms with van der Waals surface area (Å²) in [5.74, 6) is 1.94. The van der Waals surface area contributed by atoms with E-state index in [2.05, 4.69) is 29.0 Å². The first kappa shape index (κ1) is 19.3. The Morgan fingerprint density at radius 3 is 2.42 bits per heavy atom. The second-order valence-corrected chi connectivity index (χ2v) is 5.51. The van der Waals surface area contributed by atoms with Crippen LogP contribution in [0.2, 0.25) is 0 Å². The molecule has 0 bridgehead atoms. The van der Waals surface area contributed by atoms with E-state index < -0.39 is 0 Å². The summed E-state index contributed by atoms with van der Waals surface area (Å²) in [5, 5.41) is 2.80. The lowest BCUT2D eigenvalue weighted by Crippen LogP contribution is -2.22. The molecular formula is C20H25N3O3. The van der Waals surface area contributed by atoms with Crippen LogP contribution in [-0.4, -0.2) is 38.2 Å². The van der Waals surface area contributed by atoms with Crippen LogP contribution in [-0.2, 0) is 4.79 Å². The van der Waals surface area contributed by atoms with Crippen molar-refractivity contribution in [1.29, 1.82) is 0 Å². The Hall–Kier alpha value is -3.02. The second kappa shape index (κ2) is 9.46. The third-order valence-electron chi connectivity index (χ3n) is 3.94. The molecule has 6 heteroatoms. The molecule has 0 unspecified atom stereocenters. The summed E-state index contributed by atoms with van der Waals surface area (Å²) in [4.78, 5) is 18.6. The van der Waals surface area contributed by atoms with E-state index in [-0.39, 0.29) is 5.91 Å². The minimum atomic E-state index is -0.225. The van der Waals surface area contributed by atoms with Gasteiger partial charge in [-0.2, -0.15) is 0 Å². The summed E-state index contributed by atoms with van der Waals surface area (Å²) in [6.45, 7) is 5.95. The monoisotopic (exact) mass is 355 g/mol. The molecule has 2 rings (SSSR count). The van der Waals surface area contributed by atoms with Crippen LogP contribution in [0, 0.1) is 0 Å². The second-order valence-electron chi connectivity index (χ2n) is 5.51. The highest BCUT2D eigenvalue weighted by atomic mass is 16.5. The molecule has 1 aromatic carbocycles. The van der Waals surface area contributed by atoms with Gasteiger partial charge >= 0.3 is 0 Å². The molecule has 2 aromatic rings. The molecule has 0 saturated heterocycles. The summed E-state index contributed by atoms with van der Waals surface area (Å²) >= 11 is 0. The normalized spacial score (nSPS) is 10.6. The Morgan fingerprint density at radius 2 is 1.85 bits per heavy atom. The van der Waals surface area contributed by atoms with E-state index in [9.17, 15) is 4.79 Å². The molecule has 0 aliphatic heterocycles. The van der Waals surface area contributed by atoms with Gasteiger partial charge in [0.05, 0.1) is 26.1 Å². The minimum Gasteiger partial charge on any atom is -0.493 e. The number of ether oxygens (including phenoxy) is 2. The van der Waals surface area contributed by atoms with E-state index in [1.165, 1.54) is 6.08 Å². The summed E-state index contributed by atoms with van der Waals surface area (Å²) in [5.41, 5.74) is 1.50. The summed E-state index contributed by atoms with van der Waals surface area (Å²) in [6.07, 6.45) is 4.85. The van der Waals surface area contributed by atoms with Crippen molar-refractivity contribution in [3.63, 3.8) is 0 Å². The number of hydrogen-bond donors (Lipinski definition) is 1. The van der Waals surface area contributed by atoms with Crippen molar-refractivity contribution in [2.45, 2.75) is 13.8 Å². The molecule has 1 amide bonds. The molecular weight excluding hydrogens is 330 g/mol. The Labute approximate surface area is 154 Å². The van der Waals surface area contributed by atoms with Crippen molar-refractivity contribution in [3.8, 4) is 11.5 Å². The number of carbonyl (C=O) groups is 1. The standard InChI is InChI=1S/C20H25N3O3/c1-5-23(6-2)19-11-9-16(14-21-19)22-20(24)12-8-15-7-10-17(25-3)18(13-15)26-4/h7-14H,5-6H2,1-4H3,(H,22,24)/b12-8+. The first-order chi connectivity index (χ1) is 12.6. The van der Waals surface area contributed by atoms with Gasteiger partial charge in [0, 0.05) is 19.2 Å². The van der Waals surface area contributed by atoms with Crippen LogP contribution in [0.25, 0.3) is 6.08 Å². The summed E-state index contributed by atoms with van der Waals surface area (Å²) < 4.78 is 10.5. The molecule has 1 aromatic heterocycles. The van der Waals surface area contributed by atoms with Gasteiger partial charge in [0.25, 0.3) is 0 Å². The van der Waals surface area contributed by atoms with E-state index in [4.69, 9.17) is 9.47 Å². The number of amides is 1. The summed E-state index contributed by atoms with van der Waals surface area (Å²) in [7, 11) is 3.16. The number of aromatic nitrogens is 1. The number of anilines is 2. The zero-order chi connectivity index (χ0) is 18.9. The maximum atomic E-state index is 12.1.